The molecule has 3 rings (SSSR count). The molecule has 2 aromatic rings. The average Bonchev–Trinajstić information content (AvgIpc) is 2.84. The second-order valence-electron chi connectivity index (χ2n) is 3.67. The van der Waals surface area contributed by atoms with Crippen LogP contribution in [0.4, 0.5) is 0 Å². The first-order chi connectivity index (χ1) is 7.77. The van der Waals surface area contributed by atoms with E-state index in [2.05, 4.69) is 15.6 Å². The van der Waals surface area contributed by atoms with Gasteiger partial charge in [-0.05, 0) is 6.92 Å². The molecule has 0 spiro atoms. The van der Waals surface area contributed by atoms with E-state index in [1.165, 1.54) is 6.26 Å². The van der Waals surface area contributed by atoms with Gasteiger partial charge < -0.3 is 14.4 Å². The predicted molar refractivity (Wildman–Crippen MR) is 52.8 cm³/mol. The molecule has 0 aromatic carbocycles. The molecule has 0 saturated carbocycles. The van der Waals surface area contributed by atoms with E-state index in [1.54, 1.807) is 6.92 Å². The van der Waals surface area contributed by atoms with Crippen LogP contribution in [-0.4, -0.2) is 22.6 Å². The van der Waals surface area contributed by atoms with Crippen molar-refractivity contribution in [2.75, 3.05) is 6.54 Å². The Bertz CT molecular complexity index is 555. The van der Waals surface area contributed by atoms with Crippen molar-refractivity contribution in [1.82, 2.24) is 15.6 Å². The highest BCUT2D eigenvalue weighted by Gasteiger charge is 2.28. The molecule has 1 aliphatic rings. The Kier molecular flexibility index (Phi) is 1.90. The number of aryl methyl sites for hydroxylation is 1. The van der Waals surface area contributed by atoms with Gasteiger partial charge in [0.2, 0.25) is 0 Å². The number of nitrogens with one attached hydrogen (secondary N) is 1. The highest BCUT2D eigenvalue weighted by atomic mass is 16.5. The molecule has 1 aliphatic heterocycles. The third-order valence-corrected chi connectivity index (χ3v) is 2.62. The fourth-order valence-electron chi connectivity index (χ4n) is 1.81. The summed E-state index contributed by atoms with van der Waals surface area (Å²) in [5.74, 6) is 0.560. The molecule has 3 heterocycles. The summed E-state index contributed by atoms with van der Waals surface area (Å²) in [6, 6.07) is 0. The zero-order valence-corrected chi connectivity index (χ0v) is 8.61. The third-order valence-electron chi connectivity index (χ3n) is 2.62. The molecule has 0 unspecified atom stereocenters. The molecule has 16 heavy (non-hydrogen) atoms. The van der Waals surface area contributed by atoms with E-state index in [4.69, 9.17) is 9.05 Å². The molecule has 0 aliphatic carbocycles. The highest BCUT2D eigenvalue weighted by Crippen LogP contribution is 2.29. The Labute approximate surface area is 90.6 Å². The Morgan fingerprint density at radius 1 is 1.38 bits per heavy atom. The van der Waals surface area contributed by atoms with E-state index in [1.807, 2.05) is 0 Å². The summed E-state index contributed by atoms with van der Waals surface area (Å²) in [7, 11) is 0. The van der Waals surface area contributed by atoms with Crippen LogP contribution in [0.5, 0.6) is 0 Å². The summed E-state index contributed by atoms with van der Waals surface area (Å²) < 4.78 is 9.97. The van der Waals surface area contributed by atoms with Crippen molar-refractivity contribution in [2.45, 2.75) is 13.5 Å². The van der Waals surface area contributed by atoms with Gasteiger partial charge in [-0.1, -0.05) is 10.3 Å². The molecule has 0 atom stereocenters. The molecule has 82 valence electrons. The van der Waals surface area contributed by atoms with Gasteiger partial charge in [0.15, 0.2) is 11.5 Å². The van der Waals surface area contributed by atoms with E-state index < -0.39 is 0 Å². The molecule has 1 N–H and O–H groups in total. The lowest BCUT2D eigenvalue weighted by molar-refractivity contribution is 0.0979. The fraction of sp³-hybridized carbons (Fsp3) is 0.300. The Balaban J connectivity index is 2.20. The summed E-state index contributed by atoms with van der Waals surface area (Å²) in [5, 5.41) is 10.6. The van der Waals surface area contributed by atoms with Crippen LogP contribution in [0, 0.1) is 6.92 Å². The molecule has 0 radical (unpaired) electrons. The Morgan fingerprint density at radius 3 is 3.00 bits per heavy atom. The topological polar surface area (TPSA) is 81.2 Å². The highest BCUT2D eigenvalue weighted by molar-refractivity contribution is 6.04. The van der Waals surface area contributed by atoms with Crippen molar-refractivity contribution in [3.8, 4) is 11.3 Å². The minimum absolute atomic E-state index is 0.0156. The maximum Gasteiger partial charge on any atom is 0.182 e. The van der Waals surface area contributed by atoms with Gasteiger partial charge in [-0.3, -0.25) is 4.79 Å². The number of rotatable bonds is 1. The first kappa shape index (κ1) is 9.29. The number of hydrogen-bond acceptors (Lipinski definition) is 6. The van der Waals surface area contributed by atoms with Gasteiger partial charge in [0.05, 0.1) is 29.9 Å². The largest absolute Gasteiger partial charge is 0.364 e. The lowest BCUT2D eigenvalue weighted by Gasteiger charge is -2.09. The molecular formula is C10H9N3O3. The Hall–Kier alpha value is -1.95. The van der Waals surface area contributed by atoms with E-state index in [0.717, 1.165) is 0 Å². The summed E-state index contributed by atoms with van der Waals surface area (Å²) >= 11 is 0. The van der Waals surface area contributed by atoms with Crippen LogP contribution in [0.2, 0.25) is 0 Å². The van der Waals surface area contributed by atoms with Crippen LogP contribution >= 0.6 is 0 Å². The number of nitrogens with zero attached hydrogens (tertiary/aromatic N) is 2. The van der Waals surface area contributed by atoms with E-state index in [9.17, 15) is 4.79 Å². The number of carbonyl (C=O) groups is 1. The first-order valence-electron chi connectivity index (χ1n) is 4.91. The monoisotopic (exact) mass is 219 g/mol. The summed E-state index contributed by atoms with van der Waals surface area (Å²) in [4.78, 5) is 11.8. The quantitative estimate of drug-likeness (QED) is 0.768. The summed E-state index contributed by atoms with van der Waals surface area (Å²) in [6.07, 6.45) is 1.47. The van der Waals surface area contributed by atoms with E-state index >= 15 is 0 Å². The van der Waals surface area contributed by atoms with Crippen molar-refractivity contribution in [3.05, 3.63) is 23.3 Å². The van der Waals surface area contributed by atoms with E-state index in [0.29, 0.717) is 41.4 Å². The van der Waals surface area contributed by atoms with Gasteiger partial charge in [0, 0.05) is 0 Å². The summed E-state index contributed by atoms with van der Waals surface area (Å²) in [6.45, 7) is 2.63. The number of hydrogen-bond donors (Lipinski definition) is 1. The minimum Gasteiger partial charge on any atom is -0.364 e. The molecular weight excluding hydrogens is 210 g/mol. The zero-order chi connectivity index (χ0) is 11.1. The molecule has 0 fully saturated rings. The van der Waals surface area contributed by atoms with Crippen LogP contribution in [-0.2, 0) is 6.54 Å². The lowest BCUT2D eigenvalue weighted by atomic mass is 10.0. The molecule has 2 aromatic heterocycles. The van der Waals surface area contributed by atoms with Crippen molar-refractivity contribution in [2.24, 2.45) is 0 Å². The van der Waals surface area contributed by atoms with Gasteiger partial charge in [0.25, 0.3) is 0 Å². The Morgan fingerprint density at radius 2 is 2.25 bits per heavy atom. The predicted octanol–water partition coefficient (Wildman–Crippen LogP) is 0.924. The van der Waals surface area contributed by atoms with Crippen molar-refractivity contribution < 1.29 is 13.8 Å². The fourth-order valence-corrected chi connectivity index (χ4v) is 1.81. The van der Waals surface area contributed by atoms with Crippen LogP contribution in [0.25, 0.3) is 11.3 Å². The van der Waals surface area contributed by atoms with Gasteiger partial charge in [0.1, 0.15) is 12.0 Å². The normalized spacial score (nSPS) is 15.2. The van der Waals surface area contributed by atoms with Gasteiger partial charge in [-0.25, -0.2) is 0 Å². The van der Waals surface area contributed by atoms with Gasteiger partial charge >= 0.3 is 0 Å². The second kappa shape index (κ2) is 3.28. The standard InChI is InChI=1S/C10H9N3O3/c1-5-6(4-15-12-5)10-9-7(14)2-11-3-8(9)16-13-10/h4,11H,2-3H2,1H3. The van der Waals surface area contributed by atoms with Crippen LogP contribution in [0.1, 0.15) is 21.8 Å². The minimum atomic E-state index is -0.0156. The van der Waals surface area contributed by atoms with Gasteiger partial charge in [-0.15, -0.1) is 0 Å². The average molecular weight is 219 g/mol. The molecule has 0 amide bonds. The third kappa shape index (κ3) is 1.20. The van der Waals surface area contributed by atoms with Crippen molar-refractivity contribution in [1.29, 1.82) is 0 Å². The molecule has 0 bridgehead atoms. The SMILES string of the molecule is Cc1nocc1-c1noc2c1C(=O)CNC2. The maximum absolute atomic E-state index is 11.8. The van der Waals surface area contributed by atoms with Gasteiger partial charge in [-0.2, -0.15) is 0 Å². The number of fused-ring (bicyclic) bond motifs is 1. The van der Waals surface area contributed by atoms with Crippen LogP contribution in [0.3, 0.4) is 0 Å². The second-order valence-corrected chi connectivity index (χ2v) is 3.67. The lowest BCUT2D eigenvalue weighted by Crippen LogP contribution is -2.29. The number of aromatic nitrogens is 2. The number of ketones is 1. The maximum atomic E-state index is 11.8. The van der Waals surface area contributed by atoms with E-state index in [-0.39, 0.29) is 5.78 Å². The molecule has 6 nitrogen and oxygen atoms in total. The van der Waals surface area contributed by atoms with Crippen molar-refractivity contribution >= 4 is 5.78 Å². The summed E-state index contributed by atoms with van der Waals surface area (Å²) in [5.41, 5.74) is 2.48. The number of carbonyl (C=O) groups excluding carboxylic acids is 1. The zero-order valence-electron chi connectivity index (χ0n) is 8.61. The van der Waals surface area contributed by atoms with Crippen molar-refractivity contribution in [3.63, 3.8) is 0 Å². The first-order valence-corrected chi connectivity index (χ1v) is 4.91. The van der Waals surface area contributed by atoms with Crippen LogP contribution in [0.15, 0.2) is 15.3 Å². The molecule has 0 saturated heterocycles. The van der Waals surface area contributed by atoms with Crippen LogP contribution < -0.4 is 5.32 Å². The molecule has 6 heteroatoms. The number of Topliss-reactive ketones (excluding diaryl/α,β-unsaturated/α-hetero) is 1. The smallest absolute Gasteiger partial charge is 0.182 e.